The highest BCUT2D eigenvalue weighted by Gasteiger charge is 2.33. The van der Waals surface area contributed by atoms with Crippen molar-refractivity contribution in [1.29, 1.82) is 0 Å². The van der Waals surface area contributed by atoms with Gasteiger partial charge in [0.05, 0.1) is 0 Å². The van der Waals surface area contributed by atoms with E-state index in [2.05, 4.69) is 24.6 Å². The van der Waals surface area contributed by atoms with Crippen molar-refractivity contribution in [2.75, 3.05) is 25.9 Å². The van der Waals surface area contributed by atoms with Crippen LogP contribution in [-0.2, 0) is 0 Å². The van der Waals surface area contributed by atoms with Gasteiger partial charge in [0.25, 0.3) is 0 Å². The molecule has 0 amide bonds. The van der Waals surface area contributed by atoms with Crippen molar-refractivity contribution in [3.8, 4) is 0 Å². The lowest BCUT2D eigenvalue weighted by Gasteiger charge is -2.17. The van der Waals surface area contributed by atoms with Crippen LogP contribution in [0.2, 0.25) is 0 Å². The maximum absolute atomic E-state index is 4.45. The van der Waals surface area contributed by atoms with Gasteiger partial charge in [-0.1, -0.05) is 6.42 Å². The molecule has 1 unspecified atom stereocenters. The normalized spacial score (nSPS) is 41.5. The number of nitrogens with zero attached hydrogens (tertiary/aromatic N) is 1. The lowest BCUT2D eigenvalue weighted by Crippen LogP contribution is -2.16. The number of fused-ring (bicyclic) bond motifs is 1. The van der Waals surface area contributed by atoms with Crippen molar-refractivity contribution in [2.45, 2.75) is 25.7 Å². The Bertz CT molecular complexity index is 171. The van der Waals surface area contributed by atoms with E-state index in [1.807, 2.05) is 0 Å². The van der Waals surface area contributed by atoms with Gasteiger partial charge in [-0.2, -0.15) is 12.6 Å². The van der Waals surface area contributed by atoms with Crippen molar-refractivity contribution >= 4 is 12.6 Å². The number of hydrogen-bond donors (Lipinski definition) is 1. The molecule has 0 radical (unpaired) electrons. The van der Waals surface area contributed by atoms with Gasteiger partial charge in [0.2, 0.25) is 0 Å². The van der Waals surface area contributed by atoms with Gasteiger partial charge in [0.15, 0.2) is 0 Å². The Morgan fingerprint density at radius 1 is 1.23 bits per heavy atom. The van der Waals surface area contributed by atoms with Crippen LogP contribution in [0, 0.1) is 17.8 Å². The Morgan fingerprint density at radius 2 is 2.00 bits per heavy atom. The molecule has 0 N–H and O–H groups in total. The van der Waals surface area contributed by atoms with E-state index in [0.29, 0.717) is 0 Å². The van der Waals surface area contributed by atoms with Crippen LogP contribution in [0.15, 0.2) is 0 Å². The molecule has 1 aliphatic heterocycles. The highest BCUT2D eigenvalue weighted by atomic mass is 32.1. The van der Waals surface area contributed by atoms with Crippen LogP contribution in [0.25, 0.3) is 0 Å². The molecule has 1 nitrogen and oxygen atoms in total. The molecular formula is C11H21NS. The number of likely N-dealkylation sites (tertiary alicyclic amines) is 1. The number of hydrogen-bond acceptors (Lipinski definition) is 2. The maximum Gasteiger partial charge on any atom is 0.000996 e. The molecule has 2 rings (SSSR count). The molecular weight excluding hydrogens is 178 g/mol. The Morgan fingerprint density at radius 3 is 2.77 bits per heavy atom. The van der Waals surface area contributed by atoms with E-state index in [1.54, 1.807) is 0 Å². The van der Waals surface area contributed by atoms with Gasteiger partial charge >= 0.3 is 0 Å². The first kappa shape index (κ1) is 9.85. The summed E-state index contributed by atoms with van der Waals surface area (Å²) in [4.78, 5) is 2.51. The summed E-state index contributed by atoms with van der Waals surface area (Å²) >= 11 is 4.45. The summed E-state index contributed by atoms with van der Waals surface area (Å²) in [5.41, 5.74) is 0. The zero-order valence-corrected chi connectivity index (χ0v) is 9.47. The molecule has 0 aromatic heterocycles. The van der Waals surface area contributed by atoms with Crippen LogP contribution < -0.4 is 0 Å². The van der Waals surface area contributed by atoms with E-state index in [9.17, 15) is 0 Å². The highest BCUT2D eigenvalue weighted by molar-refractivity contribution is 7.80. The Balaban J connectivity index is 1.96. The molecule has 0 spiro atoms. The topological polar surface area (TPSA) is 3.24 Å². The molecule has 0 aromatic carbocycles. The Labute approximate surface area is 87.3 Å². The lowest BCUT2D eigenvalue weighted by molar-refractivity contribution is 0.355. The van der Waals surface area contributed by atoms with Crippen molar-refractivity contribution < 1.29 is 0 Å². The van der Waals surface area contributed by atoms with Crippen molar-refractivity contribution in [1.82, 2.24) is 4.90 Å². The largest absolute Gasteiger partial charge is 0.306 e. The lowest BCUT2D eigenvalue weighted by atomic mass is 9.89. The Hall–Kier alpha value is 0.310. The summed E-state index contributed by atoms with van der Waals surface area (Å²) in [6, 6.07) is 0. The summed E-state index contributed by atoms with van der Waals surface area (Å²) in [6.07, 6.45) is 5.79. The maximum atomic E-state index is 4.45. The third kappa shape index (κ3) is 2.21. The van der Waals surface area contributed by atoms with E-state index in [4.69, 9.17) is 0 Å². The zero-order chi connectivity index (χ0) is 9.26. The fourth-order valence-corrected chi connectivity index (χ4v) is 3.48. The molecule has 1 saturated carbocycles. The zero-order valence-electron chi connectivity index (χ0n) is 8.58. The van der Waals surface area contributed by atoms with Crippen LogP contribution in [0.5, 0.6) is 0 Å². The predicted octanol–water partition coefficient (Wildman–Crippen LogP) is 2.28. The molecule has 0 aromatic rings. The molecule has 76 valence electrons. The molecule has 0 bridgehead atoms. The average molecular weight is 199 g/mol. The van der Waals surface area contributed by atoms with Gasteiger partial charge < -0.3 is 4.90 Å². The van der Waals surface area contributed by atoms with Crippen molar-refractivity contribution in [3.63, 3.8) is 0 Å². The van der Waals surface area contributed by atoms with Crippen LogP contribution in [-0.4, -0.2) is 30.8 Å². The van der Waals surface area contributed by atoms with Crippen LogP contribution in [0.4, 0.5) is 0 Å². The minimum Gasteiger partial charge on any atom is -0.306 e. The summed E-state index contributed by atoms with van der Waals surface area (Å²) in [6.45, 7) is 2.69. The predicted molar refractivity (Wildman–Crippen MR) is 60.3 cm³/mol. The third-order valence-corrected chi connectivity index (χ3v) is 4.36. The van der Waals surface area contributed by atoms with Crippen molar-refractivity contribution in [2.24, 2.45) is 17.8 Å². The van der Waals surface area contributed by atoms with Crippen LogP contribution >= 0.6 is 12.6 Å². The van der Waals surface area contributed by atoms with Crippen LogP contribution in [0.3, 0.4) is 0 Å². The highest BCUT2D eigenvalue weighted by Crippen LogP contribution is 2.37. The summed E-state index contributed by atoms with van der Waals surface area (Å²) in [5, 5.41) is 0. The molecule has 2 aliphatic rings. The molecule has 1 heterocycles. The van der Waals surface area contributed by atoms with Gasteiger partial charge in [-0.15, -0.1) is 0 Å². The summed E-state index contributed by atoms with van der Waals surface area (Å²) < 4.78 is 0. The molecule has 1 aliphatic carbocycles. The van der Waals surface area contributed by atoms with E-state index in [0.717, 1.165) is 23.5 Å². The smallest absolute Gasteiger partial charge is 0.000996 e. The number of rotatable bonds is 1. The monoisotopic (exact) mass is 199 g/mol. The summed E-state index contributed by atoms with van der Waals surface area (Å²) in [7, 11) is 2.27. The van der Waals surface area contributed by atoms with Gasteiger partial charge in [-0.25, -0.2) is 0 Å². The second-order valence-corrected chi connectivity index (χ2v) is 5.32. The van der Waals surface area contributed by atoms with E-state index in [-0.39, 0.29) is 0 Å². The molecule has 3 atom stereocenters. The van der Waals surface area contributed by atoms with E-state index in [1.165, 1.54) is 38.8 Å². The van der Waals surface area contributed by atoms with Gasteiger partial charge in [-0.3, -0.25) is 0 Å². The first-order chi connectivity index (χ1) is 6.29. The van der Waals surface area contributed by atoms with Crippen molar-refractivity contribution in [3.05, 3.63) is 0 Å². The van der Waals surface area contributed by atoms with Crippen LogP contribution in [0.1, 0.15) is 25.7 Å². The van der Waals surface area contributed by atoms with Gasteiger partial charge in [0, 0.05) is 13.1 Å². The standard InChI is InChI=1S/C11H21NS/c1-12-6-10-4-2-3-9(8-13)5-11(10)7-12/h9-11,13H,2-8H2,1H3/t9?,10-,11-/m1/s1. The second-order valence-electron chi connectivity index (χ2n) is 4.96. The molecule has 1 saturated heterocycles. The molecule has 13 heavy (non-hydrogen) atoms. The second kappa shape index (κ2) is 4.22. The fraction of sp³-hybridized carbons (Fsp3) is 1.00. The Kier molecular flexibility index (Phi) is 3.20. The minimum absolute atomic E-state index is 0.907. The summed E-state index contributed by atoms with van der Waals surface area (Å²) in [5.74, 6) is 4.01. The minimum atomic E-state index is 0.907. The molecule has 2 fully saturated rings. The quantitative estimate of drug-likeness (QED) is 0.634. The average Bonchev–Trinajstić information content (AvgIpc) is 2.33. The fourth-order valence-electron chi connectivity index (χ4n) is 3.15. The van der Waals surface area contributed by atoms with E-state index < -0.39 is 0 Å². The SMILES string of the molecule is CN1C[C@H]2CCCC(CS)C[C@@H]2C1. The van der Waals surface area contributed by atoms with Gasteiger partial charge in [-0.05, 0) is 49.8 Å². The van der Waals surface area contributed by atoms with E-state index >= 15 is 0 Å². The molecule has 2 heteroatoms. The third-order valence-electron chi connectivity index (χ3n) is 3.84. The number of thiol groups is 1. The first-order valence-corrected chi connectivity index (χ1v) is 6.22. The van der Waals surface area contributed by atoms with Gasteiger partial charge in [0.1, 0.15) is 0 Å². The first-order valence-electron chi connectivity index (χ1n) is 5.59.